The molecule has 1 saturated heterocycles. The van der Waals surface area contributed by atoms with Gasteiger partial charge < -0.3 is 10.2 Å². The van der Waals surface area contributed by atoms with Crippen molar-refractivity contribution in [2.45, 2.75) is 39.7 Å². The molecule has 1 aromatic heterocycles. The number of rotatable bonds is 7. The SMILES string of the molecule is Cc1cc(C)n(CCCN2CCC(C(=O)Nc3cccc(-c4cccc(Cl)c4)c3)CC2)n1. The van der Waals surface area contributed by atoms with Crippen LogP contribution in [-0.2, 0) is 11.3 Å². The van der Waals surface area contributed by atoms with E-state index in [2.05, 4.69) is 33.0 Å². The van der Waals surface area contributed by atoms with E-state index in [9.17, 15) is 4.79 Å². The van der Waals surface area contributed by atoms with Gasteiger partial charge in [0.15, 0.2) is 0 Å². The first-order chi connectivity index (χ1) is 15.5. The number of halogens is 1. The van der Waals surface area contributed by atoms with Crippen LogP contribution in [0.1, 0.15) is 30.7 Å². The Bertz CT molecular complexity index is 1070. The second-order valence-electron chi connectivity index (χ2n) is 8.70. The molecule has 0 aliphatic carbocycles. The van der Waals surface area contributed by atoms with Gasteiger partial charge in [0.1, 0.15) is 0 Å². The molecular weight excluding hydrogens is 420 g/mol. The Hall–Kier alpha value is -2.63. The van der Waals surface area contributed by atoms with Crippen molar-refractivity contribution in [1.82, 2.24) is 14.7 Å². The summed E-state index contributed by atoms with van der Waals surface area (Å²) in [4.78, 5) is 15.3. The van der Waals surface area contributed by atoms with Gasteiger partial charge in [-0.25, -0.2) is 0 Å². The van der Waals surface area contributed by atoms with Crippen LogP contribution in [0.2, 0.25) is 5.02 Å². The third-order valence-corrected chi connectivity index (χ3v) is 6.43. The zero-order valence-corrected chi connectivity index (χ0v) is 19.6. The molecule has 2 aromatic carbocycles. The summed E-state index contributed by atoms with van der Waals surface area (Å²) >= 11 is 6.12. The van der Waals surface area contributed by atoms with Crippen LogP contribution in [0, 0.1) is 19.8 Å². The molecule has 3 aromatic rings. The number of benzene rings is 2. The van der Waals surface area contributed by atoms with Crippen molar-refractivity contribution >= 4 is 23.2 Å². The molecule has 0 unspecified atom stereocenters. The number of carbonyl (C=O) groups is 1. The minimum absolute atomic E-state index is 0.0667. The standard InChI is InChI=1S/C26H31ClN4O/c1-19-16-20(2)31(29-19)13-5-12-30-14-10-21(11-15-30)26(32)28-25-9-4-7-23(18-25)22-6-3-8-24(27)17-22/h3-4,6-9,16-18,21H,5,10-15H2,1-2H3,(H,28,32). The lowest BCUT2D eigenvalue weighted by Crippen LogP contribution is -2.38. The van der Waals surface area contributed by atoms with E-state index in [-0.39, 0.29) is 11.8 Å². The van der Waals surface area contributed by atoms with Crippen LogP contribution < -0.4 is 5.32 Å². The maximum Gasteiger partial charge on any atom is 0.227 e. The number of nitrogens with zero attached hydrogens (tertiary/aromatic N) is 3. The number of anilines is 1. The molecule has 0 saturated carbocycles. The average Bonchev–Trinajstić information content (AvgIpc) is 3.11. The van der Waals surface area contributed by atoms with Crippen LogP contribution in [0.25, 0.3) is 11.1 Å². The van der Waals surface area contributed by atoms with Crippen LogP contribution in [0.5, 0.6) is 0 Å². The molecular formula is C26H31ClN4O. The second kappa shape index (κ2) is 10.3. The highest BCUT2D eigenvalue weighted by molar-refractivity contribution is 6.30. The number of piperidine rings is 1. The van der Waals surface area contributed by atoms with Gasteiger partial charge >= 0.3 is 0 Å². The van der Waals surface area contributed by atoms with Crippen LogP contribution >= 0.6 is 11.6 Å². The quantitative estimate of drug-likeness (QED) is 0.512. The third-order valence-electron chi connectivity index (χ3n) is 6.19. The number of hydrogen-bond donors (Lipinski definition) is 1. The Morgan fingerprint density at radius 2 is 1.75 bits per heavy atom. The molecule has 0 atom stereocenters. The van der Waals surface area contributed by atoms with E-state index >= 15 is 0 Å². The summed E-state index contributed by atoms with van der Waals surface area (Å²) in [5, 5.41) is 8.37. The van der Waals surface area contributed by atoms with Crippen molar-refractivity contribution in [1.29, 1.82) is 0 Å². The molecule has 1 aliphatic rings. The van der Waals surface area contributed by atoms with Gasteiger partial charge in [-0.1, -0.05) is 35.9 Å². The summed E-state index contributed by atoms with van der Waals surface area (Å²) in [7, 11) is 0. The van der Waals surface area contributed by atoms with E-state index < -0.39 is 0 Å². The normalized spacial score (nSPS) is 15.1. The van der Waals surface area contributed by atoms with Crippen molar-refractivity contribution in [3.8, 4) is 11.1 Å². The molecule has 1 aliphatic heterocycles. The smallest absolute Gasteiger partial charge is 0.227 e. The summed E-state index contributed by atoms with van der Waals surface area (Å²) in [5.41, 5.74) is 5.22. The fourth-order valence-electron chi connectivity index (χ4n) is 4.45. The predicted molar refractivity (Wildman–Crippen MR) is 131 cm³/mol. The molecule has 4 rings (SSSR count). The number of carbonyl (C=O) groups excluding carboxylic acids is 1. The highest BCUT2D eigenvalue weighted by atomic mass is 35.5. The molecule has 1 fully saturated rings. The van der Waals surface area contributed by atoms with Crippen LogP contribution in [0.3, 0.4) is 0 Å². The second-order valence-corrected chi connectivity index (χ2v) is 9.14. The van der Waals surface area contributed by atoms with Gasteiger partial charge in [-0.05, 0) is 94.2 Å². The Morgan fingerprint density at radius 1 is 1.03 bits per heavy atom. The highest BCUT2D eigenvalue weighted by Gasteiger charge is 2.25. The number of nitrogens with one attached hydrogen (secondary N) is 1. The summed E-state index contributed by atoms with van der Waals surface area (Å²) in [6, 6.07) is 17.8. The summed E-state index contributed by atoms with van der Waals surface area (Å²) in [6.07, 6.45) is 2.88. The number of hydrogen-bond acceptors (Lipinski definition) is 3. The Morgan fingerprint density at radius 3 is 2.44 bits per heavy atom. The molecule has 1 amide bonds. The van der Waals surface area contributed by atoms with Gasteiger partial charge in [0.25, 0.3) is 0 Å². The van der Waals surface area contributed by atoms with Crippen LogP contribution in [0.15, 0.2) is 54.6 Å². The Kier molecular flexibility index (Phi) is 7.28. The Balaban J connectivity index is 1.25. The van der Waals surface area contributed by atoms with Gasteiger partial charge in [-0.3, -0.25) is 9.48 Å². The molecule has 32 heavy (non-hydrogen) atoms. The van der Waals surface area contributed by atoms with E-state index in [0.29, 0.717) is 5.02 Å². The van der Waals surface area contributed by atoms with Gasteiger partial charge in [0.05, 0.1) is 5.69 Å². The van der Waals surface area contributed by atoms with E-state index in [1.807, 2.05) is 55.5 Å². The minimum atomic E-state index is 0.0667. The zero-order valence-electron chi connectivity index (χ0n) is 18.9. The molecule has 0 bridgehead atoms. The fourth-order valence-corrected chi connectivity index (χ4v) is 4.64. The van der Waals surface area contributed by atoms with Crippen LogP contribution in [0.4, 0.5) is 5.69 Å². The number of aryl methyl sites for hydroxylation is 3. The molecule has 0 spiro atoms. The maximum atomic E-state index is 12.9. The lowest BCUT2D eigenvalue weighted by molar-refractivity contribution is -0.121. The van der Waals surface area contributed by atoms with Crippen molar-refractivity contribution < 1.29 is 4.79 Å². The minimum Gasteiger partial charge on any atom is -0.326 e. The first-order valence-electron chi connectivity index (χ1n) is 11.4. The van der Waals surface area contributed by atoms with E-state index in [4.69, 9.17) is 11.6 Å². The summed E-state index contributed by atoms with van der Waals surface area (Å²) in [6.45, 7) is 8.08. The molecule has 0 radical (unpaired) electrons. The Labute approximate surface area is 195 Å². The highest BCUT2D eigenvalue weighted by Crippen LogP contribution is 2.26. The fraction of sp³-hybridized carbons (Fsp3) is 0.385. The maximum absolute atomic E-state index is 12.9. The van der Waals surface area contributed by atoms with Crippen molar-refractivity contribution in [2.75, 3.05) is 25.0 Å². The third kappa shape index (κ3) is 5.78. The lowest BCUT2D eigenvalue weighted by Gasteiger charge is -2.31. The summed E-state index contributed by atoms with van der Waals surface area (Å²) in [5.74, 6) is 0.188. The number of amides is 1. The molecule has 6 heteroatoms. The van der Waals surface area contributed by atoms with Crippen LogP contribution in [-0.4, -0.2) is 40.2 Å². The van der Waals surface area contributed by atoms with E-state index in [0.717, 1.165) is 67.9 Å². The van der Waals surface area contributed by atoms with Gasteiger partial charge in [-0.2, -0.15) is 5.10 Å². The van der Waals surface area contributed by atoms with Gasteiger partial charge in [0.2, 0.25) is 5.91 Å². The first-order valence-corrected chi connectivity index (χ1v) is 11.8. The topological polar surface area (TPSA) is 50.2 Å². The molecule has 2 heterocycles. The first kappa shape index (κ1) is 22.6. The zero-order chi connectivity index (χ0) is 22.5. The van der Waals surface area contributed by atoms with E-state index in [1.165, 1.54) is 5.69 Å². The van der Waals surface area contributed by atoms with Crippen molar-refractivity contribution in [2.24, 2.45) is 5.92 Å². The van der Waals surface area contributed by atoms with E-state index in [1.54, 1.807) is 0 Å². The largest absolute Gasteiger partial charge is 0.326 e. The van der Waals surface area contributed by atoms with Gasteiger partial charge in [-0.15, -0.1) is 0 Å². The van der Waals surface area contributed by atoms with Crippen molar-refractivity contribution in [3.63, 3.8) is 0 Å². The predicted octanol–water partition coefficient (Wildman–Crippen LogP) is 5.56. The monoisotopic (exact) mass is 450 g/mol. The molecule has 5 nitrogen and oxygen atoms in total. The number of aromatic nitrogens is 2. The lowest BCUT2D eigenvalue weighted by atomic mass is 9.95. The molecule has 168 valence electrons. The van der Waals surface area contributed by atoms with Gasteiger partial charge in [0, 0.05) is 28.9 Å². The number of likely N-dealkylation sites (tertiary alicyclic amines) is 1. The molecule has 1 N–H and O–H groups in total. The average molecular weight is 451 g/mol. The van der Waals surface area contributed by atoms with Crippen molar-refractivity contribution in [3.05, 3.63) is 71.0 Å². The summed E-state index contributed by atoms with van der Waals surface area (Å²) < 4.78 is 2.09.